The standard InChI is InChI=1S/C12H16N2O/c13-12(15)11-6-2-1-4-9(11)8-10-5-3-7-14-10/h1-2,4,6,10,14H,3,5,7-8H2,(H2,13,15)/t10-/m1/s1. The largest absolute Gasteiger partial charge is 0.366 e. The Morgan fingerprint density at radius 2 is 2.27 bits per heavy atom. The van der Waals surface area contributed by atoms with Crippen molar-refractivity contribution in [3.8, 4) is 0 Å². The molecule has 1 amide bonds. The van der Waals surface area contributed by atoms with Crippen LogP contribution < -0.4 is 11.1 Å². The molecular weight excluding hydrogens is 188 g/mol. The summed E-state index contributed by atoms with van der Waals surface area (Å²) >= 11 is 0. The van der Waals surface area contributed by atoms with Crippen LogP contribution in [-0.4, -0.2) is 18.5 Å². The fraction of sp³-hybridized carbons (Fsp3) is 0.417. The Kier molecular flexibility index (Phi) is 3.02. The number of nitrogens with two attached hydrogens (primary N) is 1. The molecule has 0 aliphatic carbocycles. The van der Waals surface area contributed by atoms with Crippen molar-refractivity contribution in [1.82, 2.24) is 5.32 Å². The summed E-state index contributed by atoms with van der Waals surface area (Å²) in [6.07, 6.45) is 3.32. The molecule has 80 valence electrons. The monoisotopic (exact) mass is 204 g/mol. The quantitative estimate of drug-likeness (QED) is 0.774. The molecule has 1 fully saturated rings. The predicted octanol–water partition coefficient (Wildman–Crippen LogP) is 1.08. The van der Waals surface area contributed by atoms with Crippen LogP contribution in [0.3, 0.4) is 0 Å². The lowest BCUT2D eigenvalue weighted by atomic mass is 9.99. The van der Waals surface area contributed by atoms with Gasteiger partial charge >= 0.3 is 0 Å². The molecule has 1 saturated heterocycles. The number of carbonyl (C=O) groups is 1. The number of amides is 1. The molecule has 1 atom stereocenters. The molecule has 0 saturated carbocycles. The Balaban J connectivity index is 2.15. The summed E-state index contributed by atoms with van der Waals surface area (Å²) in [5.41, 5.74) is 7.05. The minimum atomic E-state index is -0.330. The number of rotatable bonds is 3. The van der Waals surface area contributed by atoms with Gasteiger partial charge in [0, 0.05) is 11.6 Å². The fourth-order valence-corrected chi connectivity index (χ4v) is 2.14. The van der Waals surface area contributed by atoms with E-state index in [-0.39, 0.29) is 5.91 Å². The van der Waals surface area contributed by atoms with E-state index in [1.54, 1.807) is 6.07 Å². The lowest BCUT2D eigenvalue weighted by Crippen LogP contribution is -2.25. The minimum Gasteiger partial charge on any atom is -0.366 e. The van der Waals surface area contributed by atoms with Crippen molar-refractivity contribution in [3.05, 3.63) is 35.4 Å². The van der Waals surface area contributed by atoms with Crippen molar-refractivity contribution in [2.75, 3.05) is 6.54 Å². The van der Waals surface area contributed by atoms with Gasteiger partial charge in [0.1, 0.15) is 0 Å². The SMILES string of the molecule is NC(=O)c1ccccc1C[C@H]1CCCN1. The smallest absolute Gasteiger partial charge is 0.248 e. The summed E-state index contributed by atoms with van der Waals surface area (Å²) in [7, 11) is 0. The molecule has 3 heteroatoms. The van der Waals surface area contributed by atoms with Crippen LogP contribution in [0.15, 0.2) is 24.3 Å². The van der Waals surface area contributed by atoms with E-state index in [1.807, 2.05) is 18.2 Å². The highest BCUT2D eigenvalue weighted by molar-refractivity contribution is 5.94. The van der Waals surface area contributed by atoms with E-state index in [4.69, 9.17) is 5.73 Å². The van der Waals surface area contributed by atoms with Crippen molar-refractivity contribution in [1.29, 1.82) is 0 Å². The van der Waals surface area contributed by atoms with E-state index in [1.165, 1.54) is 12.8 Å². The van der Waals surface area contributed by atoms with Gasteiger partial charge in [-0.05, 0) is 37.4 Å². The molecule has 0 unspecified atom stereocenters. The van der Waals surface area contributed by atoms with Crippen LogP contribution in [0.2, 0.25) is 0 Å². The second-order valence-electron chi connectivity index (χ2n) is 4.02. The van der Waals surface area contributed by atoms with Crippen molar-refractivity contribution < 1.29 is 4.79 Å². The average molecular weight is 204 g/mol. The number of hydrogen-bond acceptors (Lipinski definition) is 2. The first kappa shape index (κ1) is 10.2. The zero-order valence-electron chi connectivity index (χ0n) is 8.70. The van der Waals surface area contributed by atoms with Gasteiger partial charge in [-0.3, -0.25) is 4.79 Å². The normalized spacial score (nSPS) is 20.4. The maximum Gasteiger partial charge on any atom is 0.248 e. The van der Waals surface area contributed by atoms with Crippen LogP contribution in [0.1, 0.15) is 28.8 Å². The Hall–Kier alpha value is -1.35. The van der Waals surface area contributed by atoms with Crippen molar-refractivity contribution in [2.24, 2.45) is 5.73 Å². The molecule has 1 aromatic rings. The Bertz CT molecular complexity index is 356. The average Bonchev–Trinajstić information content (AvgIpc) is 2.71. The molecule has 1 aliphatic rings. The van der Waals surface area contributed by atoms with Crippen molar-refractivity contribution >= 4 is 5.91 Å². The summed E-state index contributed by atoms with van der Waals surface area (Å²) in [4.78, 5) is 11.2. The Labute approximate surface area is 89.7 Å². The number of nitrogens with one attached hydrogen (secondary N) is 1. The molecular formula is C12H16N2O. The second kappa shape index (κ2) is 4.45. The molecule has 15 heavy (non-hydrogen) atoms. The van der Waals surface area contributed by atoms with E-state index >= 15 is 0 Å². The zero-order valence-corrected chi connectivity index (χ0v) is 8.70. The topological polar surface area (TPSA) is 55.1 Å². The van der Waals surface area contributed by atoms with Gasteiger partial charge < -0.3 is 11.1 Å². The lowest BCUT2D eigenvalue weighted by Gasteiger charge is -2.12. The first-order chi connectivity index (χ1) is 7.27. The molecule has 1 heterocycles. The van der Waals surface area contributed by atoms with E-state index in [0.717, 1.165) is 18.5 Å². The highest BCUT2D eigenvalue weighted by atomic mass is 16.1. The fourth-order valence-electron chi connectivity index (χ4n) is 2.14. The molecule has 1 aliphatic heterocycles. The number of benzene rings is 1. The third kappa shape index (κ3) is 2.36. The van der Waals surface area contributed by atoms with Gasteiger partial charge in [0.2, 0.25) is 5.91 Å². The first-order valence-corrected chi connectivity index (χ1v) is 5.38. The van der Waals surface area contributed by atoms with Crippen LogP contribution >= 0.6 is 0 Å². The zero-order chi connectivity index (χ0) is 10.7. The molecule has 0 bridgehead atoms. The molecule has 3 nitrogen and oxygen atoms in total. The predicted molar refractivity (Wildman–Crippen MR) is 59.7 cm³/mol. The Morgan fingerprint density at radius 1 is 1.47 bits per heavy atom. The molecule has 2 rings (SSSR count). The van der Waals surface area contributed by atoms with Crippen molar-refractivity contribution in [2.45, 2.75) is 25.3 Å². The number of hydrogen-bond donors (Lipinski definition) is 2. The summed E-state index contributed by atoms with van der Waals surface area (Å²) in [5.74, 6) is -0.330. The van der Waals surface area contributed by atoms with Crippen LogP contribution in [0, 0.1) is 0 Å². The molecule has 1 aromatic carbocycles. The summed E-state index contributed by atoms with van der Waals surface area (Å²) in [6, 6.07) is 8.10. The minimum absolute atomic E-state index is 0.330. The lowest BCUT2D eigenvalue weighted by molar-refractivity contribution is 0.0999. The highest BCUT2D eigenvalue weighted by Crippen LogP contribution is 2.15. The van der Waals surface area contributed by atoms with Crippen LogP contribution in [-0.2, 0) is 6.42 Å². The second-order valence-corrected chi connectivity index (χ2v) is 4.02. The van der Waals surface area contributed by atoms with Crippen molar-refractivity contribution in [3.63, 3.8) is 0 Å². The van der Waals surface area contributed by atoms with E-state index in [0.29, 0.717) is 11.6 Å². The molecule has 3 N–H and O–H groups in total. The summed E-state index contributed by atoms with van der Waals surface area (Å²) in [5, 5.41) is 3.42. The molecule has 0 radical (unpaired) electrons. The van der Waals surface area contributed by atoms with Gasteiger partial charge in [0.25, 0.3) is 0 Å². The van der Waals surface area contributed by atoms with Gasteiger partial charge in [0.15, 0.2) is 0 Å². The summed E-state index contributed by atoms with van der Waals surface area (Å²) < 4.78 is 0. The number of carbonyl (C=O) groups excluding carboxylic acids is 1. The summed E-state index contributed by atoms with van der Waals surface area (Å²) in [6.45, 7) is 1.09. The third-order valence-electron chi connectivity index (χ3n) is 2.91. The van der Waals surface area contributed by atoms with Gasteiger partial charge in [-0.25, -0.2) is 0 Å². The van der Waals surface area contributed by atoms with E-state index < -0.39 is 0 Å². The maximum absolute atomic E-state index is 11.2. The maximum atomic E-state index is 11.2. The molecule has 0 spiro atoms. The highest BCUT2D eigenvalue weighted by Gasteiger charge is 2.16. The van der Waals surface area contributed by atoms with Gasteiger partial charge in [-0.15, -0.1) is 0 Å². The van der Waals surface area contributed by atoms with Gasteiger partial charge in [-0.2, -0.15) is 0 Å². The molecule has 0 aromatic heterocycles. The Morgan fingerprint density at radius 3 is 2.93 bits per heavy atom. The van der Waals surface area contributed by atoms with Gasteiger partial charge in [-0.1, -0.05) is 18.2 Å². The van der Waals surface area contributed by atoms with Gasteiger partial charge in [0.05, 0.1) is 0 Å². The number of primary amides is 1. The first-order valence-electron chi connectivity index (χ1n) is 5.38. The van der Waals surface area contributed by atoms with E-state index in [2.05, 4.69) is 5.32 Å². The van der Waals surface area contributed by atoms with Crippen LogP contribution in [0.4, 0.5) is 0 Å². The van der Waals surface area contributed by atoms with Crippen LogP contribution in [0.5, 0.6) is 0 Å². The van der Waals surface area contributed by atoms with Crippen LogP contribution in [0.25, 0.3) is 0 Å². The van der Waals surface area contributed by atoms with E-state index in [9.17, 15) is 4.79 Å². The third-order valence-corrected chi connectivity index (χ3v) is 2.91.